The van der Waals surface area contributed by atoms with Crippen molar-refractivity contribution in [3.8, 4) is 0 Å². The van der Waals surface area contributed by atoms with Crippen LogP contribution in [0.25, 0.3) is 0 Å². The fourth-order valence-electron chi connectivity index (χ4n) is 0.236. The molecule has 0 heterocycles. The van der Waals surface area contributed by atoms with Gasteiger partial charge in [0.25, 0.3) is 0 Å². The van der Waals surface area contributed by atoms with Crippen LogP contribution in [0.15, 0.2) is 12.2 Å². The first-order valence-electron chi connectivity index (χ1n) is 4.94. The molecule has 11 heavy (non-hydrogen) atoms. The van der Waals surface area contributed by atoms with E-state index in [1.807, 2.05) is 20.8 Å². The maximum absolute atomic E-state index is 2.18. The van der Waals surface area contributed by atoms with E-state index in [0.29, 0.717) is 0 Å². The standard InChI is InChI=1S/C5H10.C4H10.C2H6/c1-3-5-4-2;1-3-4-2;1-2/h3,5H,4H2,1-2H3;3-4H2,1-2H3;1-2H3/b5-3-;;. The van der Waals surface area contributed by atoms with Gasteiger partial charge in [-0.2, -0.15) is 0 Å². The number of rotatable bonds is 2. The van der Waals surface area contributed by atoms with Gasteiger partial charge < -0.3 is 0 Å². The Labute approximate surface area is 73.7 Å². The van der Waals surface area contributed by atoms with Crippen LogP contribution in [0.1, 0.15) is 60.8 Å². The van der Waals surface area contributed by atoms with Gasteiger partial charge in [-0.15, -0.1) is 0 Å². The van der Waals surface area contributed by atoms with Crippen LogP contribution in [0.5, 0.6) is 0 Å². The van der Waals surface area contributed by atoms with Gasteiger partial charge in [0.2, 0.25) is 0 Å². The van der Waals surface area contributed by atoms with E-state index in [4.69, 9.17) is 0 Å². The quantitative estimate of drug-likeness (QED) is 0.506. The van der Waals surface area contributed by atoms with Crippen LogP contribution in [0.2, 0.25) is 0 Å². The molecule has 0 aromatic rings. The first-order valence-corrected chi connectivity index (χ1v) is 4.94. The van der Waals surface area contributed by atoms with E-state index >= 15 is 0 Å². The normalized spacial score (nSPS) is 7.82. The summed E-state index contributed by atoms with van der Waals surface area (Å²) in [6.07, 6.45) is 7.98. The van der Waals surface area contributed by atoms with Gasteiger partial charge in [0, 0.05) is 0 Å². The number of hydrogen-bond acceptors (Lipinski definition) is 0. The molecular formula is C11H26. The van der Waals surface area contributed by atoms with Gasteiger partial charge in [-0.3, -0.25) is 0 Å². The Bertz CT molecular complexity index is 42.0. The van der Waals surface area contributed by atoms with Gasteiger partial charge >= 0.3 is 0 Å². The van der Waals surface area contributed by atoms with Gasteiger partial charge in [0.15, 0.2) is 0 Å². The molecule has 0 saturated carbocycles. The molecular weight excluding hydrogens is 132 g/mol. The first kappa shape index (κ1) is 17.0. The van der Waals surface area contributed by atoms with Crippen molar-refractivity contribution >= 4 is 0 Å². The maximum Gasteiger partial charge on any atom is -0.0379 e. The van der Waals surface area contributed by atoms with Gasteiger partial charge in [0.1, 0.15) is 0 Å². The molecule has 0 bridgehead atoms. The predicted molar refractivity (Wildman–Crippen MR) is 57.0 cm³/mol. The van der Waals surface area contributed by atoms with Crippen LogP contribution < -0.4 is 0 Å². The third kappa shape index (κ3) is 77.7. The summed E-state index contributed by atoms with van der Waals surface area (Å²) in [4.78, 5) is 0. The zero-order chi connectivity index (χ0) is 9.54. The minimum atomic E-state index is 1.16. The fourth-order valence-corrected chi connectivity index (χ4v) is 0.236. The minimum Gasteiger partial charge on any atom is -0.0917 e. The molecule has 0 nitrogen and oxygen atoms in total. The molecule has 0 unspecified atom stereocenters. The van der Waals surface area contributed by atoms with Gasteiger partial charge in [-0.25, -0.2) is 0 Å². The van der Waals surface area contributed by atoms with Crippen LogP contribution in [0.4, 0.5) is 0 Å². The first-order chi connectivity index (χ1) is 5.33. The molecule has 0 atom stereocenters. The van der Waals surface area contributed by atoms with Crippen LogP contribution in [-0.4, -0.2) is 0 Å². The highest BCUT2D eigenvalue weighted by Crippen LogP contribution is 1.76. The van der Waals surface area contributed by atoms with Crippen molar-refractivity contribution in [2.24, 2.45) is 0 Å². The summed E-state index contributed by atoms with van der Waals surface area (Å²) >= 11 is 0. The predicted octanol–water partition coefficient (Wildman–Crippen LogP) is 4.81. The summed E-state index contributed by atoms with van der Waals surface area (Å²) in [7, 11) is 0. The average molecular weight is 158 g/mol. The fraction of sp³-hybridized carbons (Fsp3) is 0.818. The summed E-state index contributed by atoms with van der Waals surface area (Å²) in [5.74, 6) is 0. The Morgan fingerprint density at radius 1 is 0.909 bits per heavy atom. The van der Waals surface area contributed by atoms with Crippen LogP contribution in [-0.2, 0) is 0 Å². The molecule has 0 rings (SSSR count). The van der Waals surface area contributed by atoms with Crippen LogP contribution in [0, 0.1) is 0 Å². The molecule has 0 aromatic carbocycles. The lowest BCUT2D eigenvalue weighted by molar-refractivity contribution is 0.886. The Kier molecular flexibility index (Phi) is 51.2. The molecule has 0 N–H and O–H groups in total. The second-order valence-corrected chi connectivity index (χ2v) is 1.98. The van der Waals surface area contributed by atoms with E-state index in [0.717, 1.165) is 6.42 Å². The highest BCUT2D eigenvalue weighted by atomic mass is 13.6. The smallest absolute Gasteiger partial charge is 0.0379 e. The molecule has 0 aliphatic rings. The lowest BCUT2D eigenvalue weighted by atomic mass is 10.4. The summed E-state index contributed by atoms with van der Waals surface area (Å²) in [6, 6.07) is 0. The summed E-state index contributed by atoms with van der Waals surface area (Å²) in [6.45, 7) is 12.5. The molecule has 70 valence electrons. The van der Waals surface area contributed by atoms with E-state index in [-0.39, 0.29) is 0 Å². The van der Waals surface area contributed by atoms with Gasteiger partial charge in [-0.1, -0.05) is 59.6 Å². The zero-order valence-corrected chi connectivity index (χ0v) is 9.28. The largest absolute Gasteiger partial charge is 0.0917 e. The van der Waals surface area contributed by atoms with E-state index in [9.17, 15) is 0 Å². The van der Waals surface area contributed by atoms with Crippen LogP contribution in [0.3, 0.4) is 0 Å². The summed E-state index contributed by atoms with van der Waals surface area (Å²) < 4.78 is 0. The molecule has 0 spiro atoms. The van der Waals surface area contributed by atoms with Crippen molar-refractivity contribution < 1.29 is 0 Å². The number of allylic oxidation sites excluding steroid dienone is 2. The molecule has 0 radical (unpaired) electrons. The Balaban J connectivity index is -0.0000000965. The molecule has 0 aromatic heterocycles. The average Bonchev–Trinajstić information content (AvgIpc) is 2.10. The molecule has 0 aliphatic heterocycles. The van der Waals surface area contributed by atoms with E-state index in [1.54, 1.807) is 0 Å². The van der Waals surface area contributed by atoms with Crippen molar-refractivity contribution in [3.05, 3.63) is 12.2 Å². The number of hydrogen-bond donors (Lipinski definition) is 0. The summed E-state index contributed by atoms with van der Waals surface area (Å²) in [5.41, 5.74) is 0. The molecule has 0 fully saturated rings. The highest BCUT2D eigenvalue weighted by molar-refractivity contribution is 4.73. The van der Waals surface area contributed by atoms with Crippen molar-refractivity contribution in [2.45, 2.75) is 60.8 Å². The number of unbranched alkanes of at least 4 members (excludes halogenated alkanes) is 1. The molecule has 0 aliphatic carbocycles. The lowest BCUT2D eigenvalue weighted by Gasteiger charge is -1.68. The van der Waals surface area contributed by atoms with E-state index in [2.05, 4.69) is 32.9 Å². The van der Waals surface area contributed by atoms with Crippen molar-refractivity contribution in [3.63, 3.8) is 0 Å². The molecule has 0 heteroatoms. The van der Waals surface area contributed by atoms with Crippen LogP contribution >= 0.6 is 0 Å². The van der Waals surface area contributed by atoms with Crippen molar-refractivity contribution in [1.82, 2.24) is 0 Å². The Hall–Kier alpha value is -0.260. The van der Waals surface area contributed by atoms with E-state index in [1.165, 1.54) is 12.8 Å². The monoisotopic (exact) mass is 158 g/mol. The SMILES string of the molecule is C/C=C\CC.CC.CCCC. The third-order valence-electron chi connectivity index (χ3n) is 0.971. The topological polar surface area (TPSA) is 0 Å². The molecule has 0 saturated heterocycles. The minimum absolute atomic E-state index is 1.16. The lowest BCUT2D eigenvalue weighted by Crippen LogP contribution is -1.47. The Morgan fingerprint density at radius 2 is 1.27 bits per heavy atom. The van der Waals surface area contributed by atoms with Crippen molar-refractivity contribution in [2.75, 3.05) is 0 Å². The second-order valence-electron chi connectivity index (χ2n) is 1.98. The maximum atomic E-state index is 2.18. The van der Waals surface area contributed by atoms with Gasteiger partial charge in [0.05, 0.1) is 0 Å². The second kappa shape index (κ2) is 33.1. The Morgan fingerprint density at radius 3 is 1.27 bits per heavy atom. The van der Waals surface area contributed by atoms with Crippen molar-refractivity contribution in [1.29, 1.82) is 0 Å². The molecule has 0 amide bonds. The zero-order valence-electron chi connectivity index (χ0n) is 9.28. The van der Waals surface area contributed by atoms with Gasteiger partial charge in [-0.05, 0) is 13.3 Å². The third-order valence-corrected chi connectivity index (χ3v) is 0.971. The van der Waals surface area contributed by atoms with E-state index < -0.39 is 0 Å². The highest BCUT2D eigenvalue weighted by Gasteiger charge is 1.56. The summed E-state index contributed by atoms with van der Waals surface area (Å²) in [5, 5.41) is 0.